The van der Waals surface area contributed by atoms with E-state index in [9.17, 15) is 4.39 Å². The molecule has 0 aromatic heterocycles. The van der Waals surface area contributed by atoms with Gasteiger partial charge in [-0.15, -0.1) is 0 Å². The number of likely N-dealkylation sites (tertiary alicyclic amines) is 1. The Kier molecular flexibility index (Phi) is 5.82. The van der Waals surface area contributed by atoms with Crippen molar-refractivity contribution < 1.29 is 4.39 Å². The molecule has 0 radical (unpaired) electrons. The Morgan fingerprint density at radius 2 is 2.10 bits per heavy atom. The van der Waals surface area contributed by atoms with Crippen molar-refractivity contribution in [2.75, 3.05) is 26.7 Å². The Balaban J connectivity index is 1.91. The number of hydrogen-bond acceptors (Lipinski definition) is 2. The van der Waals surface area contributed by atoms with Gasteiger partial charge in [0.15, 0.2) is 0 Å². The smallest absolute Gasteiger partial charge is 0.141 e. The van der Waals surface area contributed by atoms with Crippen LogP contribution in [0.5, 0.6) is 0 Å². The summed E-state index contributed by atoms with van der Waals surface area (Å²) in [5.41, 5.74) is 1.10. The molecule has 0 amide bonds. The third-order valence-electron chi connectivity index (χ3n) is 4.43. The van der Waals surface area contributed by atoms with Gasteiger partial charge in [0.2, 0.25) is 0 Å². The molecule has 1 N–H and O–H groups in total. The zero-order valence-electron chi connectivity index (χ0n) is 12.3. The van der Waals surface area contributed by atoms with E-state index < -0.39 is 0 Å². The minimum atomic E-state index is -0.339. The molecule has 1 aromatic carbocycles. The van der Waals surface area contributed by atoms with Crippen LogP contribution in [-0.4, -0.2) is 31.6 Å². The number of hydrogen-bond donors (Lipinski definition) is 1. The van der Waals surface area contributed by atoms with E-state index >= 15 is 0 Å². The van der Waals surface area contributed by atoms with E-state index in [1.165, 1.54) is 25.3 Å². The molecule has 0 aliphatic carbocycles. The average molecular weight is 299 g/mol. The summed E-state index contributed by atoms with van der Waals surface area (Å²) in [4.78, 5) is 2.47. The number of halogens is 2. The van der Waals surface area contributed by atoms with Gasteiger partial charge in [0.25, 0.3) is 0 Å². The molecule has 1 saturated heterocycles. The van der Waals surface area contributed by atoms with E-state index in [1.54, 1.807) is 6.07 Å². The van der Waals surface area contributed by atoms with Crippen molar-refractivity contribution in [2.45, 2.75) is 32.2 Å². The summed E-state index contributed by atoms with van der Waals surface area (Å²) in [6.07, 6.45) is 3.77. The third kappa shape index (κ3) is 3.94. The summed E-state index contributed by atoms with van der Waals surface area (Å²) in [7, 11) is 2.01. The maximum absolute atomic E-state index is 13.2. The second-order valence-electron chi connectivity index (χ2n) is 5.72. The van der Waals surface area contributed by atoms with Crippen molar-refractivity contribution in [3.05, 3.63) is 34.6 Å². The van der Waals surface area contributed by atoms with E-state index in [-0.39, 0.29) is 10.8 Å². The predicted octanol–water partition coefficient (Wildman–Crippen LogP) is 3.86. The number of piperidine rings is 1. The van der Waals surface area contributed by atoms with Crippen molar-refractivity contribution in [2.24, 2.45) is 5.92 Å². The van der Waals surface area contributed by atoms with Gasteiger partial charge >= 0.3 is 0 Å². The summed E-state index contributed by atoms with van der Waals surface area (Å²) < 4.78 is 13.2. The van der Waals surface area contributed by atoms with Crippen LogP contribution >= 0.6 is 11.6 Å². The normalized spacial score (nSPS) is 19.2. The molecule has 2 nitrogen and oxygen atoms in total. The zero-order chi connectivity index (χ0) is 14.5. The van der Waals surface area contributed by atoms with Crippen LogP contribution in [0.15, 0.2) is 18.2 Å². The number of benzene rings is 1. The molecule has 1 atom stereocenters. The summed E-state index contributed by atoms with van der Waals surface area (Å²) >= 11 is 5.88. The van der Waals surface area contributed by atoms with E-state index in [2.05, 4.69) is 17.1 Å². The zero-order valence-corrected chi connectivity index (χ0v) is 13.1. The lowest BCUT2D eigenvalue weighted by Gasteiger charge is -2.36. The van der Waals surface area contributed by atoms with Gasteiger partial charge in [-0.2, -0.15) is 0 Å². The number of nitrogens with one attached hydrogen (secondary N) is 1. The van der Waals surface area contributed by atoms with E-state index in [0.717, 1.165) is 31.1 Å². The van der Waals surface area contributed by atoms with Crippen LogP contribution < -0.4 is 5.32 Å². The number of nitrogens with zero attached hydrogens (tertiary/aromatic N) is 1. The second-order valence-corrected chi connectivity index (χ2v) is 6.13. The lowest BCUT2D eigenvalue weighted by molar-refractivity contribution is 0.137. The van der Waals surface area contributed by atoms with E-state index in [4.69, 9.17) is 11.6 Å². The highest BCUT2D eigenvalue weighted by Crippen LogP contribution is 2.29. The standard InChI is InChI=1S/C16H24ClFN2/c1-12(14-3-4-16(18)15(17)11-14)20-9-6-13(7-10-20)5-8-19-2/h3-4,11-13,19H,5-10H2,1-2H3. The topological polar surface area (TPSA) is 15.3 Å². The first-order chi connectivity index (χ1) is 9.61. The van der Waals surface area contributed by atoms with Crippen LogP contribution in [0.4, 0.5) is 4.39 Å². The average Bonchev–Trinajstić information content (AvgIpc) is 2.48. The fourth-order valence-corrected chi connectivity index (χ4v) is 3.15. The van der Waals surface area contributed by atoms with Gasteiger partial charge < -0.3 is 5.32 Å². The largest absolute Gasteiger partial charge is 0.320 e. The van der Waals surface area contributed by atoms with Gasteiger partial charge in [-0.25, -0.2) is 4.39 Å². The maximum Gasteiger partial charge on any atom is 0.141 e. The van der Waals surface area contributed by atoms with Gasteiger partial charge in [-0.05, 0) is 76.5 Å². The second kappa shape index (κ2) is 7.39. The molecule has 1 aromatic rings. The maximum atomic E-state index is 13.2. The molecule has 4 heteroatoms. The molecule has 112 valence electrons. The van der Waals surface area contributed by atoms with Gasteiger partial charge in [-0.1, -0.05) is 17.7 Å². The Labute approximate surface area is 126 Å². The first-order valence-corrected chi connectivity index (χ1v) is 7.83. The molecule has 2 rings (SSSR count). The van der Waals surface area contributed by atoms with Gasteiger partial charge in [0, 0.05) is 6.04 Å². The molecular weight excluding hydrogens is 275 g/mol. The summed E-state index contributed by atoms with van der Waals surface area (Å²) in [6, 6.07) is 5.37. The van der Waals surface area contributed by atoms with Crippen LogP contribution in [0.25, 0.3) is 0 Å². The molecule has 0 spiro atoms. The number of rotatable bonds is 5. The molecule has 1 aliphatic rings. The molecule has 0 saturated carbocycles. The lowest BCUT2D eigenvalue weighted by Crippen LogP contribution is -2.36. The highest BCUT2D eigenvalue weighted by atomic mass is 35.5. The molecule has 1 fully saturated rings. The van der Waals surface area contributed by atoms with E-state index in [0.29, 0.717) is 6.04 Å². The van der Waals surface area contributed by atoms with Gasteiger partial charge in [0.05, 0.1) is 5.02 Å². The lowest BCUT2D eigenvalue weighted by atomic mass is 9.92. The van der Waals surface area contributed by atoms with Crippen molar-refractivity contribution in [3.63, 3.8) is 0 Å². The van der Waals surface area contributed by atoms with Crippen molar-refractivity contribution in [1.29, 1.82) is 0 Å². The van der Waals surface area contributed by atoms with Crippen LogP contribution in [0, 0.1) is 11.7 Å². The fourth-order valence-electron chi connectivity index (χ4n) is 2.96. The fraction of sp³-hybridized carbons (Fsp3) is 0.625. The predicted molar refractivity (Wildman–Crippen MR) is 82.7 cm³/mol. The molecule has 0 bridgehead atoms. The van der Waals surface area contributed by atoms with E-state index in [1.807, 2.05) is 13.1 Å². The van der Waals surface area contributed by atoms with Crippen molar-refractivity contribution in [1.82, 2.24) is 10.2 Å². The van der Waals surface area contributed by atoms with Crippen molar-refractivity contribution >= 4 is 11.6 Å². The quantitative estimate of drug-likeness (QED) is 0.888. The SMILES string of the molecule is CNCCC1CCN(C(C)c2ccc(F)c(Cl)c2)CC1. The van der Waals surface area contributed by atoms with Gasteiger partial charge in [0.1, 0.15) is 5.82 Å². The Hall–Kier alpha value is -0.640. The third-order valence-corrected chi connectivity index (χ3v) is 4.72. The van der Waals surface area contributed by atoms with Crippen LogP contribution in [0.2, 0.25) is 5.02 Å². The minimum Gasteiger partial charge on any atom is -0.320 e. The molecule has 20 heavy (non-hydrogen) atoms. The first kappa shape index (κ1) is 15.7. The van der Waals surface area contributed by atoms with Crippen LogP contribution in [-0.2, 0) is 0 Å². The minimum absolute atomic E-state index is 0.221. The van der Waals surface area contributed by atoms with Crippen molar-refractivity contribution in [3.8, 4) is 0 Å². The molecule has 1 unspecified atom stereocenters. The monoisotopic (exact) mass is 298 g/mol. The van der Waals surface area contributed by atoms with Gasteiger partial charge in [-0.3, -0.25) is 4.90 Å². The first-order valence-electron chi connectivity index (χ1n) is 7.45. The summed E-state index contributed by atoms with van der Waals surface area (Å²) in [6.45, 7) is 5.51. The molecule has 1 heterocycles. The highest BCUT2D eigenvalue weighted by Gasteiger charge is 2.23. The van der Waals surface area contributed by atoms with Crippen LogP contribution in [0.1, 0.15) is 37.8 Å². The Morgan fingerprint density at radius 3 is 2.70 bits per heavy atom. The highest BCUT2D eigenvalue weighted by molar-refractivity contribution is 6.30. The Bertz CT molecular complexity index is 430. The Morgan fingerprint density at radius 1 is 1.40 bits per heavy atom. The molecule has 1 aliphatic heterocycles. The summed E-state index contributed by atoms with van der Waals surface area (Å²) in [5, 5.41) is 3.44. The summed E-state index contributed by atoms with van der Waals surface area (Å²) in [5.74, 6) is 0.496. The molecular formula is C16H24ClFN2. The van der Waals surface area contributed by atoms with Crippen LogP contribution in [0.3, 0.4) is 0 Å².